The zero-order valence-electron chi connectivity index (χ0n) is 10.8. The van der Waals surface area contributed by atoms with Gasteiger partial charge in [0.15, 0.2) is 19.7 Å². The lowest BCUT2D eigenvalue weighted by atomic mass is 10.3. The lowest BCUT2D eigenvalue weighted by Crippen LogP contribution is -2.14. The van der Waals surface area contributed by atoms with Crippen LogP contribution in [0.2, 0.25) is 0 Å². The Kier molecular flexibility index (Phi) is 4.07. The van der Waals surface area contributed by atoms with Gasteiger partial charge in [0.25, 0.3) is 0 Å². The molecule has 18 heavy (non-hydrogen) atoms. The highest BCUT2D eigenvalue weighted by molar-refractivity contribution is 7.91. The van der Waals surface area contributed by atoms with Gasteiger partial charge in [-0.15, -0.1) is 0 Å². The summed E-state index contributed by atoms with van der Waals surface area (Å²) in [5, 5.41) is 2.98. The second-order valence-electron chi connectivity index (χ2n) is 4.50. The van der Waals surface area contributed by atoms with Crippen LogP contribution in [0.5, 0.6) is 0 Å². The molecule has 0 aliphatic carbocycles. The summed E-state index contributed by atoms with van der Waals surface area (Å²) in [6, 6.07) is 4.12. The molecule has 0 amide bonds. The van der Waals surface area contributed by atoms with Crippen molar-refractivity contribution >= 4 is 25.4 Å². The largest absolute Gasteiger partial charge is 0.382 e. The highest BCUT2D eigenvalue weighted by Crippen LogP contribution is 2.25. The number of benzene rings is 1. The molecule has 1 aromatic carbocycles. The molecule has 0 radical (unpaired) electrons. The fourth-order valence-corrected chi connectivity index (χ4v) is 3.06. The maximum Gasteiger partial charge on any atom is 0.177 e. The van der Waals surface area contributed by atoms with Gasteiger partial charge >= 0.3 is 0 Å². The van der Waals surface area contributed by atoms with Crippen molar-refractivity contribution in [3.05, 3.63) is 18.2 Å². The molecule has 0 bridgehead atoms. The predicted octanol–water partition coefficient (Wildman–Crippen LogP) is 1.31. The van der Waals surface area contributed by atoms with Gasteiger partial charge in [-0.3, -0.25) is 0 Å². The SMILES string of the molecule is CC(C)Nc1ccc(S(C)(=O)=O)cc1S(C)(=O)=O. The molecule has 1 N–H and O–H groups in total. The smallest absolute Gasteiger partial charge is 0.177 e. The van der Waals surface area contributed by atoms with E-state index in [4.69, 9.17) is 0 Å². The maximum atomic E-state index is 11.7. The first-order valence-corrected chi connectivity index (χ1v) is 9.11. The fourth-order valence-electron chi connectivity index (χ4n) is 1.47. The first-order chi connectivity index (χ1) is 8.01. The normalized spacial score (nSPS) is 12.7. The molecular formula is C11H17NO4S2. The number of hydrogen-bond acceptors (Lipinski definition) is 5. The highest BCUT2D eigenvalue weighted by Gasteiger charge is 2.18. The number of hydrogen-bond donors (Lipinski definition) is 1. The van der Waals surface area contributed by atoms with E-state index in [2.05, 4.69) is 5.32 Å². The molecule has 0 unspecified atom stereocenters. The Hall–Kier alpha value is -1.08. The van der Waals surface area contributed by atoms with Crippen LogP contribution in [-0.2, 0) is 19.7 Å². The predicted molar refractivity (Wildman–Crippen MR) is 71.4 cm³/mol. The van der Waals surface area contributed by atoms with Crippen LogP contribution < -0.4 is 5.32 Å². The minimum absolute atomic E-state index is 0.000810. The van der Waals surface area contributed by atoms with E-state index in [1.54, 1.807) is 0 Å². The molecule has 0 aromatic heterocycles. The van der Waals surface area contributed by atoms with Gasteiger partial charge in [0.2, 0.25) is 0 Å². The van der Waals surface area contributed by atoms with Gasteiger partial charge in [0, 0.05) is 18.6 Å². The second kappa shape index (κ2) is 4.89. The van der Waals surface area contributed by atoms with Gasteiger partial charge in [-0.25, -0.2) is 16.8 Å². The van der Waals surface area contributed by atoms with Gasteiger partial charge < -0.3 is 5.32 Å². The summed E-state index contributed by atoms with van der Waals surface area (Å²) in [5.74, 6) is 0. The third-order valence-electron chi connectivity index (χ3n) is 2.22. The van der Waals surface area contributed by atoms with E-state index >= 15 is 0 Å². The molecule has 0 fully saturated rings. The van der Waals surface area contributed by atoms with Crippen LogP contribution in [0.3, 0.4) is 0 Å². The summed E-state index contributed by atoms with van der Waals surface area (Å²) in [7, 11) is -6.91. The maximum absolute atomic E-state index is 11.7. The van der Waals surface area contributed by atoms with Crippen molar-refractivity contribution in [3.63, 3.8) is 0 Å². The standard InChI is InChI=1S/C11H17NO4S2/c1-8(2)12-10-6-5-9(17(3,13)14)7-11(10)18(4,15)16/h5-8,12H,1-4H3. The van der Waals surface area contributed by atoms with E-state index < -0.39 is 19.7 Å². The Morgan fingerprint density at radius 2 is 1.56 bits per heavy atom. The van der Waals surface area contributed by atoms with Crippen LogP contribution in [0.1, 0.15) is 13.8 Å². The quantitative estimate of drug-likeness (QED) is 0.904. The Morgan fingerprint density at radius 3 is 1.94 bits per heavy atom. The summed E-state index contributed by atoms with van der Waals surface area (Å²) in [6.07, 6.45) is 2.10. The van der Waals surface area contributed by atoms with Crippen LogP contribution in [0.4, 0.5) is 5.69 Å². The van der Waals surface area contributed by atoms with Gasteiger partial charge in [0.05, 0.1) is 15.5 Å². The van der Waals surface area contributed by atoms with E-state index in [9.17, 15) is 16.8 Å². The number of nitrogens with one attached hydrogen (secondary N) is 1. The van der Waals surface area contributed by atoms with E-state index in [-0.39, 0.29) is 15.8 Å². The van der Waals surface area contributed by atoms with E-state index in [0.717, 1.165) is 12.5 Å². The van der Waals surface area contributed by atoms with Crippen molar-refractivity contribution in [2.45, 2.75) is 29.7 Å². The highest BCUT2D eigenvalue weighted by atomic mass is 32.2. The Labute approximate surface area is 108 Å². The van der Waals surface area contributed by atoms with Crippen LogP contribution in [0, 0.1) is 0 Å². The lowest BCUT2D eigenvalue weighted by Gasteiger charge is -2.14. The molecule has 0 saturated carbocycles. The zero-order valence-corrected chi connectivity index (χ0v) is 12.4. The third-order valence-corrected chi connectivity index (χ3v) is 4.47. The molecule has 0 spiro atoms. The Balaban J connectivity index is 3.49. The van der Waals surface area contributed by atoms with E-state index in [1.807, 2.05) is 13.8 Å². The fraction of sp³-hybridized carbons (Fsp3) is 0.455. The van der Waals surface area contributed by atoms with Crippen molar-refractivity contribution < 1.29 is 16.8 Å². The summed E-state index contributed by atoms with van der Waals surface area (Å²) in [4.78, 5) is -0.00337. The molecule has 102 valence electrons. The topological polar surface area (TPSA) is 80.3 Å². The summed E-state index contributed by atoms with van der Waals surface area (Å²) in [5.41, 5.74) is 0.417. The number of anilines is 1. The summed E-state index contributed by atoms with van der Waals surface area (Å²) >= 11 is 0. The number of rotatable bonds is 4. The molecule has 7 heteroatoms. The lowest BCUT2D eigenvalue weighted by molar-refractivity contribution is 0.600. The van der Waals surface area contributed by atoms with Gasteiger partial charge in [-0.05, 0) is 32.0 Å². The molecule has 0 atom stereocenters. The van der Waals surface area contributed by atoms with Crippen LogP contribution in [0.15, 0.2) is 28.0 Å². The van der Waals surface area contributed by atoms with Crippen molar-refractivity contribution in [1.82, 2.24) is 0 Å². The monoisotopic (exact) mass is 291 g/mol. The first kappa shape index (κ1) is 15.0. The molecule has 5 nitrogen and oxygen atoms in total. The molecule has 1 rings (SSSR count). The van der Waals surface area contributed by atoms with Crippen LogP contribution in [0.25, 0.3) is 0 Å². The third kappa shape index (κ3) is 3.71. The van der Waals surface area contributed by atoms with Crippen LogP contribution in [-0.4, -0.2) is 35.4 Å². The van der Waals surface area contributed by atoms with Gasteiger partial charge in [-0.2, -0.15) is 0 Å². The van der Waals surface area contributed by atoms with Crippen molar-refractivity contribution in [2.75, 3.05) is 17.8 Å². The average Bonchev–Trinajstić information content (AvgIpc) is 2.13. The minimum Gasteiger partial charge on any atom is -0.382 e. The molecule has 0 aliphatic heterocycles. The molecule has 0 aliphatic rings. The van der Waals surface area contributed by atoms with Crippen LogP contribution >= 0.6 is 0 Å². The molecular weight excluding hydrogens is 274 g/mol. The Bertz CT molecular complexity index is 646. The molecule has 1 aromatic rings. The Morgan fingerprint density at radius 1 is 1.00 bits per heavy atom. The van der Waals surface area contributed by atoms with Crippen molar-refractivity contribution in [1.29, 1.82) is 0 Å². The zero-order chi connectivity index (χ0) is 14.1. The van der Waals surface area contributed by atoms with Crippen molar-refractivity contribution in [2.24, 2.45) is 0 Å². The first-order valence-electron chi connectivity index (χ1n) is 5.32. The van der Waals surface area contributed by atoms with E-state index in [0.29, 0.717) is 5.69 Å². The molecule has 0 saturated heterocycles. The second-order valence-corrected chi connectivity index (χ2v) is 8.50. The summed E-state index contributed by atoms with van der Waals surface area (Å²) < 4.78 is 46.2. The summed E-state index contributed by atoms with van der Waals surface area (Å²) in [6.45, 7) is 3.74. The van der Waals surface area contributed by atoms with Crippen molar-refractivity contribution in [3.8, 4) is 0 Å². The average molecular weight is 291 g/mol. The van der Waals surface area contributed by atoms with Gasteiger partial charge in [-0.1, -0.05) is 0 Å². The molecule has 0 heterocycles. The van der Waals surface area contributed by atoms with Gasteiger partial charge in [0.1, 0.15) is 0 Å². The number of sulfone groups is 2. The van der Waals surface area contributed by atoms with E-state index in [1.165, 1.54) is 18.2 Å². The minimum atomic E-state index is -3.49.